The number of rotatable bonds is 7. The molecule has 0 aliphatic carbocycles. The summed E-state index contributed by atoms with van der Waals surface area (Å²) < 4.78 is 0. The van der Waals surface area contributed by atoms with Crippen LogP contribution in [-0.4, -0.2) is 34.4 Å². The van der Waals surface area contributed by atoms with Crippen LogP contribution in [0.4, 0.5) is 0 Å². The molecule has 0 amide bonds. The van der Waals surface area contributed by atoms with Crippen LogP contribution in [0.5, 0.6) is 0 Å². The Morgan fingerprint density at radius 3 is 2.62 bits per heavy atom. The third kappa shape index (κ3) is 6.94. The van der Waals surface area contributed by atoms with Crippen molar-refractivity contribution in [1.29, 1.82) is 0 Å². The predicted octanol–water partition coefficient (Wildman–Crippen LogP) is 2.02. The first-order valence-electron chi connectivity index (χ1n) is 7.21. The lowest BCUT2D eigenvalue weighted by atomic mass is 10.0. The van der Waals surface area contributed by atoms with E-state index < -0.39 is 17.6 Å². The molecule has 4 nitrogen and oxygen atoms in total. The van der Waals surface area contributed by atoms with Crippen molar-refractivity contribution in [2.24, 2.45) is 0 Å². The second-order valence-electron chi connectivity index (χ2n) is 5.30. The van der Waals surface area contributed by atoms with Gasteiger partial charge in [0, 0.05) is 12.1 Å². The van der Waals surface area contributed by atoms with E-state index in [-0.39, 0.29) is 6.54 Å². The van der Waals surface area contributed by atoms with E-state index in [0.717, 1.165) is 18.4 Å². The van der Waals surface area contributed by atoms with Gasteiger partial charge in [0.15, 0.2) is 0 Å². The van der Waals surface area contributed by atoms with Crippen molar-refractivity contribution in [3.63, 3.8) is 0 Å². The van der Waals surface area contributed by atoms with Crippen molar-refractivity contribution in [2.45, 2.75) is 44.8 Å². The highest BCUT2D eigenvalue weighted by molar-refractivity contribution is 5.73. The average Bonchev–Trinajstić information content (AvgIpc) is 2.46. The van der Waals surface area contributed by atoms with E-state index >= 15 is 0 Å². The van der Waals surface area contributed by atoms with Crippen LogP contribution in [0.3, 0.4) is 0 Å². The molecule has 2 atom stereocenters. The highest BCUT2D eigenvalue weighted by Gasteiger charge is 2.22. The Morgan fingerprint density at radius 2 is 2.05 bits per heavy atom. The zero-order valence-corrected chi connectivity index (χ0v) is 12.6. The number of hydrogen-bond donors (Lipinski definition) is 3. The summed E-state index contributed by atoms with van der Waals surface area (Å²) in [6.07, 6.45) is 2.32. The van der Waals surface area contributed by atoms with Gasteiger partial charge in [-0.05, 0) is 25.5 Å². The molecule has 1 aromatic rings. The summed E-state index contributed by atoms with van der Waals surface area (Å²) in [6, 6.07) is 8.73. The Kier molecular flexibility index (Phi) is 6.93. The number of aliphatic hydroxyl groups is 1. The number of aliphatic carboxylic acids is 1. The molecular formula is C17H23NO3. The lowest BCUT2D eigenvalue weighted by Crippen LogP contribution is -2.45. The zero-order chi connectivity index (χ0) is 15.7. The maximum absolute atomic E-state index is 11.1. The van der Waals surface area contributed by atoms with Gasteiger partial charge < -0.3 is 15.5 Å². The molecule has 3 N–H and O–H groups in total. The van der Waals surface area contributed by atoms with Crippen LogP contribution >= 0.6 is 0 Å². The number of hydrogen-bond acceptors (Lipinski definition) is 3. The van der Waals surface area contributed by atoms with Gasteiger partial charge in [-0.2, -0.15) is 0 Å². The van der Waals surface area contributed by atoms with E-state index in [1.807, 2.05) is 37.3 Å². The van der Waals surface area contributed by atoms with Crippen LogP contribution in [0, 0.1) is 11.8 Å². The minimum absolute atomic E-state index is 0.119. The molecule has 0 heterocycles. The Hall–Kier alpha value is -1.83. The van der Waals surface area contributed by atoms with Gasteiger partial charge in [0.2, 0.25) is 0 Å². The second-order valence-corrected chi connectivity index (χ2v) is 5.30. The number of nitrogens with one attached hydrogen (secondary N) is 1. The Bertz CT molecular complexity index is 500. The van der Waals surface area contributed by atoms with Crippen LogP contribution in [-0.2, 0) is 4.79 Å². The summed E-state index contributed by atoms with van der Waals surface area (Å²) in [4.78, 5) is 11.1. The van der Waals surface area contributed by atoms with Crippen molar-refractivity contribution in [2.75, 3.05) is 6.54 Å². The fourth-order valence-electron chi connectivity index (χ4n) is 1.82. The average molecular weight is 289 g/mol. The third-order valence-electron chi connectivity index (χ3n) is 3.09. The van der Waals surface area contributed by atoms with Crippen LogP contribution in [0.1, 0.15) is 38.7 Å². The molecule has 0 radical (unpaired) electrons. The predicted molar refractivity (Wildman–Crippen MR) is 82.9 cm³/mol. The molecule has 1 rings (SSSR count). The van der Waals surface area contributed by atoms with E-state index in [4.69, 9.17) is 5.11 Å². The van der Waals surface area contributed by atoms with Crippen molar-refractivity contribution in [1.82, 2.24) is 5.32 Å². The Balaban J connectivity index is 2.59. The summed E-state index contributed by atoms with van der Waals surface area (Å²) in [5.74, 6) is 4.78. The molecule has 1 aromatic carbocycles. The van der Waals surface area contributed by atoms with E-state index in [0.29, 0.717) is 6.42 Å². The molecule has 0 aromatic heterocycles. The van der Waals surface area contributed by atoms with Crippen LogP contribution in [0.2, 0.25) is 0 Å². The first-order chi connectivity index (χ1) is 9.94. The van der Waals surface area contributed by atoms with Crippen LogP contribution in [0.25, 0.3) is 0 Å². The summed E-state index contributed by atoms with van der Waals surface area (Å²) in [5.41, 5.74) is -0.450. The summed E-state index contributed by atoms with van der Waals surface area (Å²) in [5, 5.41) is 22.2. The molecule has 0 saturated carbocycles. The molecule has 0 bridgehead atoms. The summed E-state index contributed by atoms with van der Waals surface area (Å²) >= 11 is 0. The van der Waals surface area contributed by atoms with E-state index in [1.165, 1.54) is 0 Å². The summed E-state index contributed by atoms with van der Waals surface area (Å²) in [6.45, 7) is 3.71. The van der Waals surface area contributed by atoms with Gasteiger partial charge in [-0.15, -0.1) is 0 Å². The van der Waals surface area contributed by atoms with Crippen molar-refractivity contribution in [3.05, 3.63) is 35.9 Å². The van der Waals surface area contributed by atoms with Crippen LogP contribution < -0.4 is 5.32 Å². The number of carboxylic acid groups (broad SMARTS) is 1. The molecule has 0 saturated heterocycles. The smallest absolute Gasteiger partial charge is 0.320 e. The molecular weight excluding hydrogens is 266 g/mol. The lowest BCUT2D eigenvalue weighted by molar-refractivity contribution is -0.139. The zero-order valence-electron chi connectivity index (χ0n) is 12.6. The topological polar surface area (TPSA) is 69.6 Å². The highest BCUT2D eigenvalue weighted by Crippen LogP contribution is 2.05. The number of carbonyl (C=O) groups is 1. The second kappa shape index (κ2) is 8.46. The van der Waals surface area contributed by atoms with Gasteiger partial charge in [-0.1, -0.05) is 49.8 Å². The molecule has 0 unspecified atom stereocenters. The maximum Gasteiger partial charge on any atom is 0.320 e. The fourth-order valence-corrected chi connectivity index (χ4v) is 1.82. The van der Waals surface area contributed by atoms with E-state index in [1.54, 1.807) is 6.92 Å². The maximum atomic E-state index is 11.1. The Labute approximate surface area is 126 Å². The fraction of sp³-hybridized carbons (Fsp3) is 0.471. The van der Waals surface area contributed by atoms with Gasteiger partial charge in [0.25, 0.3) is 0 Å². The van der Waals surface area contributed by atoms with Crippen molar-refractivity contribution in [3.8, 4) is 11.8 Å². The van der Waals surface area contributed by atoms with Gasteiger partial charge in [-0.3, -0.25) is 4.79 Å². The highest BCUT2D eigenvalue weighted by atomic mass is 16.4. The number of carboxylic acids is 1. The largest absolute Gasteiger partial charge is 0.480 e. The molecule has 0 aliphatic rings. The van der Waals surface area contributed by atoms with Crippen molar-refractivity contribution < 1.29 is 15.0 Å². The monoisotopic (exact) mass is 289 g/mol. The van der Waals surface area contributed by atoms with Gasteiger partial charge >= 0.3 is 5.97 Å². The van der Waals surface area contributed by atoms with Gasteiger partial charge in [0.1, 0.15) is 11.6 Å². The SMILES string of the molecule is CCCC[C@H](NC[C@](C)(O)C#Cc1ccccc1)C(=O)O. The number of benzene rings is 1. The lowest BCUT2D eigenvalue weighted by Gasteiger charge is -2.21. The molecule has 0 aliphatic heterocycles. The Morgan fingerprint density at radius 1 is 1.38 bits per heavy atom. The first kappa shape index (κ1) is 17.2. The summed E-state index contributed by atoms with van der Waals surface area (Å²) in [7, 11) is 0. The van der Waals surface area contributed by atoms with Gasteiger partial charge in [0.05, 0.1) is 0 Å². The van der Waals surface area contributed by atoms with E-state index in [9.17, 15) is 9.90 Å². The first-order valence-corrected chi connectivity index (χ1v) is 7.21. The van der Waals surface area contributed by atoms with Crippen molar-refractivity contribution >= 4 is 5.97 Å². The normalized spacial score (nSPS) is 14.6. The minimum atomic E-state index is -1.27. The molecule has 114 valence electrons. The van der Waals surface area contributed by atoms with Crippen LogP contribution in [0.15, 0.2) is 30.3 Å². The quantitative estimate of drug-likeness (QED) is 0.672. The molecule has 4 heteroatoms. The van der Waals surface area contributed by atoms with E-state index in [2.05, 4.69) is 17.2 Å². The number of unbranched alkanes of at least 4 members (excludes halogenated alkanes) is 1. The van der Waals surface area contributed by atoms with Gasteiger partial charge in [-0.25, -0.2) is 0 Å². The molecule has 0 spiro atoms. The molecule has 0 fully saturated rings. The standard InChI is InChI=1S/C17H23NO3/c1-3-4-10-15(16(19)20)18-13-17(2,21)12-11-14-8-6-5-7-9-14/h5-9,15,18,21H,3-4,10,13H2,1-2H3,(H,19,20)/t15-,17+/m0/s1. The minimum Gasteiger partial charge on any atom is -0.480 e. The third-order valence-corrected chi connectivity index (χ3v) is 3.09. The molecule has 21 heavy (non-hydrogen) atoms.